The molecule has 1 aromatic heterocycles. The Morgan fingerprint density at radius 3 is 2.62 bits per heavy atom. The second-order valence-electron chi connectivity index (χ2n) is 5.70. The Labute approximate surface area is 156 Å². The summed E-state index contributed by atoms with van der Waals surface area (Å²) in [4.78, 5) is 3.51. The molecule has 1 aromatic carbocycles. The van der Waals surface area contributed by atoms with Crippen molar-refractivity contribution < 1.29 is 8.42 Å². The van der Waals surface area contributed by atoms with Crippen molar-refractivity contribution in [3.8, 4) is 0 Å². The lowest BCUT2D eigenvalue weighted by Crippen LogP contribution is -2.36. The van der Waals surface area contributed by atoms with E-state index in [1.54, 1.807) is 17.4 Å². The molecule has 4 nitrogen and oxygen atoms in total. The maximum atomic E-state index is 12.6. The Balaban J connectivity index is 1.79. The van der Waals surface area contributed by atoms with Crippen molar-refractivity contribution in [1.82, 2.24) is 9.62 Å². The number of hydrogen-bond acceptors (Lipinski definition) is 4. The van der Waals surface area contributed by atoms with Gasteiger partial charge in [0.05, 0.1) is 11.1 Å². The SMILES string of the molecule is O=S(=O)(NCC(c1cccs1)N1CCCC1)c1cc(Cl)ccc1Cl. The van der Waals surface area contributed by atoms with E-state index in [9.17, 15) is 8.42 Å². The Kier molecular flexibility index (Phi) is 5.85. The molecule has 1 aliphatic heterocycles. The molecule has 0 radical (unpaired) electrons. The number of rotatable bonds is 6. The molecule has 2 heterocycles. The average Bonchev–Trinajstić information content (AvgIpc) is 3.23. The van der Waals surface area contributed by atoms with Gasteiger partial charge < -0.3 is 0 Å². The molecule has 1 saturated heterocycles. The first-order valence-electron chi connectivity index (χ1n) is 7.69. The van der Waals surface area contributed by atoms with Crippen LogP contribution in [0.15, 0.2) is 40.6 Å². The molecule has 1 N–H and O–H groups in total. The molecule has 1 aliphatic rings. The van der Waals surface area contributed by atoms with Crippen molar-refractivity contribution in [2.24, 2.45) is 0 Å². The highest BCUT2D eigenvalue weighted by molar-refractivity contribution is 7.89. The standard InChI is InChI=1S/C16H18Cl2N2O2S2/c17-12-5-6-13(18)16(10-12)24(21,22)19-11-14(15-4-3-9-23-15)20-7-1-2-8-20/h3-6,9-10,14,19H,1-2,7-8,11H2. The average molecular weight is 405 g/mol. The quantitative estimate of drug-likeness (QED) is 0.785. The van der Waals surface area contributed by atoms with Crippen LogP contribution in [-0.2, 0) is 10.0 Å². The zero-order chi connectivity index (χ0) is 17.2. The van der Waals surface area contributed by atoms with Crippen LogP contribution in [0.25, 0.3) is 0 Å². The Morgan fingerprint density at radius 2 is 1.96 bits per heavy atom. The van der Waals surface area contributed by atoms with Crippen LogP contribution in [0.4, 0.5) is 0 Å². The van der Waals surface area contributed by atoms with Crippen LogP contribution in [0.3, 0.4) is 0 Å². The molecule has 1 fully saturated rings. The van der Waals surface area contributed by atoms with Crippen molar-refractivity contribution in [3.63, 3.8) is 0 Å². The first-order chi connectivity index (χ1) is 11.5. The highest BCUT2D eigenvalue weighted by Gasteiger charge is 2.27. The minimum atomic E-state index is -3.72. The number of benzene rings is 1. The number of nitrogens with one attached hydrogen (secondary N) is 1. The Morgan fingerprint density at radius 1 is 1.21 bits per heavy atom. The summed E-state index contributed by atoms with van der Waals surface area (Å²) in [6.45, 7) is 2.29. The van der Waals surface area contributed by atoms with E-state index in [0.717, 1.165) is 30.8 Å². The second-order valence-corrected chi connectivity index (χ2v) is 9.26. The summed E-state index contributed by atoms with van der Waals surface area (Å²) in [6.07, 6.45) is 2.30. The van der Waals surface area contributed by atoms with Crippen LogP contribution in [0, 0.1) is 0 Å². The van der Waals surface area contributed by atoms with E-state index in [2.05, 4.69) is 9.62 Å². The molecule has 130 valence electrons. The zero-order valence-corrected chi connectivity index (χ0v) is 16.1. The molecular weight excluding hydrogens is 387 g/mol. The topological polar surface area (TPSA) is 49.4 Å². The van der Waals surface area contributed by atoms with Crippen molar-refractivity contribution >= 4 is 44.6 Å². The maximum absolute atomic E-state index is 12.6. The van der Waals surface area contributed by atoms with Gasteiger partial charge in [0.1, 0.15) is 4.90 Å². The van der Waals surface area contributed by atoms with E-state index in [4.69, 9.17) is 23.2 Å². The molecule has 0 saturated carbocycles. The third kappa shape index (κ3) is 4.12. The third-order valence-electron chi connectivity index (χ3n) is 4.10. The normalized spacial score (nSPS) is 17.2. The van der Waals surface area contributed by atoms with Crippen LogP contribution < -0.4 is 4.72 Å². The van der Waals surface area contributed by atoms with Crippen molar-refractivity contribution in [2.75, 3.05) is 19.6 Å². The van der Waals surface area contributed by atoms with Gasteiger partial charge in [-0.1, -0.05) is 29.3 Å². The molecule has 0 bridgehead atoms. The largest absolute Gasteiger partial charge is 0.294 e. The lowest BCUT2D eigenvalue weighted by atomic mass is 10.2. The minimum Gasteiger partial charge on any atom is -0.294 e. The van der Waals surface area contributed by atoms with Gasteiger partial charge in [-0.05, 0) is 55.6 Å². The van der Waals surface area contributed by atoms with Gasteiger partial charge in [0.25, 0.3) is 0 Å². The predicted molar refractivity (Wildman–Crippen MR) is 99.5 cm³/mol. The highest BCUT2D eigenvalue weighted by atomic mass is 35.5. The second kappa shape index (κ2) is 7.72. The van der Waals surface area contributed by atoms with Crippen molar-refractivity contribution in [3.05, 3.63) is 50.6 Å². The van der Waals surface area contributed by atoms with Gasteiger partial charge in [-0.2, -0.15) is 0 Å². The van der Waals surface area contributed by atoms with Gasteiger partial charge in [-0.15, -0.1) is 11.3 Å². The Bertz CT molecular complexity index is 788. The molecule has 0 spiro atoms. The number of nitrogens with zero attached hydrogens (tertiary/aromatic N) is 1. The molecule has 3 rings (SSSR count). The molecule has 0 aliphatic carbocycles. The molecular formula is C16H18Cl2N2O2S2. The third-order valence-corrected chi connectivity index (χ3v) is 7.22. The summed E-state index contributed by atoms with van der Waals surface area (Å²) in [5.41, 5.74) is 0. The number of thiophene rings is 1. The smallest absolute Gasteiger partial charge is 0.242 e. The summed E-state index contributed by atoms with van der Waals surface area (Å²) in [7, 11) is -3.72. The Hall–Kier alpha value is -0.630. The van der Waals surface area contributed by atoms with Crippen LogP contribution in [0.1, 0.15) is 23.8 Å². The van der Waals surface area contributed by atoms with Crippen molar-refractivity contribution in [2.45, 2.75) is 23.8 Å². The van der Waals surface area contributed by atoms with E-state index >= 15 is 0 Å². The fourth-order valence-corrected chi connectivity index (χ4v) is 5.55. The molecule has 24 heavy (non-hydrogen) atoms. The first-order valence-corrected chi connectivity index (χ1v) is 10.8. The molecule has 0 amide bonds. The van der Waals surface area contributed by atoms with Gasteiger partial charge in [0, 0.05) is 16.4 Å². The van der Waals surface area contributed by atoms with Gasteiger partial charge >= 0.3 is 0 Å². The fraction of sp³-hybridized carbons (Fsp3) is 0.375. The summed E-state index contributed by atoms with van der Waals surface area (Å²) in [6, 6.07) is 8.53. The minimum absolute atomic E-state index is 0.0167. The van der Waals surface area contributed by atoms with Crippen LogP contribution in [-0.4, -0.2) is 33.0 Å². The molecule has 1 atom stereocenters. The fourth-order valence-electron chi connectivity index (χ4n) is 2.89. The number of sulfonamides is 1. The van der Waals surface area contributed by atoms with E-state index in [1.165, 1.54) is 12.1 Å². The van der Waals surface area contributed by atoms with E-state index in [0.29, 0.717) is 11.6 Å². The molecule has 2 aromatic rings. The monoisotopic (exact) mass is 404 g/mol. The zero-order valence-electron chi connectivity index (χ0n) is 12.9. The van der Waals surface area contributed by atoms with Crippen LogP contribution in [0.2, 0.25) is 10.0 Å². The van der Waals surface area contributed by atoms with Crippen LogP contribution >= 0.6 is 34.5 Å². The summed E-state index contributed by atoms with van der Waals surface area (Å²) in [5.74, 6) is 0. The summed E-state index contributed by atoms with van der Waals surface area (Å²) < 4.78 is 28.0. The van der Waals surface area contributed by atoms with Gasteiger partial charge in [0.2, 0.25) is 10.0 Å². The highest BCUT2D eigenvalue weighted by Crippen LogP contribution is 2.29. The number of halogens is 2. The first kappa shape index (κ1) is 18.2. The number of likely N-dealkylation sites (tertiary alicyclic amines) is 1. The van der Waals surface area contributed by atoms with Crippen LogP contribution in [0.5, 0.6) is 0 Å². The van der Waals surface area contributed by atoms with E-state index in [1.807, 2.05) is 17.5 Å². The van der Waals surface area contributed by atoms with Gasteiger partial charge in [0.15, 0.2) is 0 Å². The lowest BCUT2D eigenvalue weighted by Gasteiger charge is -2.27. The molecule has 1 unspecified atom stereocenters. The van der Waals surface area contributed by atoms with E-state index < -0.39 is 10.0 Å². The number of hydrogen-bond donors (Lipinski definition) is 1. The maximum Gasteiger partial charge on any atom is 0.242 e. The lowest BCUT2D eigenvalue weighted by molar-refractivity contribution is 0.250. The van der Waals surface area contributed by atoms with Gasteiger partial charge in [-0.25, -0.2) is 13.1 Å². The summed E-state index contributed by atoms with van der Waals surface area (Å²) in [5, 5.41) is 2.52. The van der Waals surface area contributed by atoms with E-state index in [-0.39, 0.29) is 16.0 Å². The van der Waals surface area contributed by atoms with Gasteiger partial charge in [-0.3, -0.25) is 4.90 Å². The molecule has 8 heteroatoms. The van der Waals surface area contributed by atoms with Crippen molar-refractivity contribution in [1.29, 1.82) is 0 Å². The predicted octanol–water partition coefficient (Wildman–Crippen LogP) is 4.17. The summed E-state index contributed by atoms with van der Waals surface area (Å²) >= 11 is 13.6.